The van der Waals surface area contributed by atoms with Crippen LogP contribution in [0.5, 0.6) is 0 Å². The second-order valence-corrected chi connectivity index (χ2v) is 6.11. The first-order valence-corrected chi connectivity index (χ1v) is 7.19. The molecule has 1 saturated heterocycles. The summed E-state index contributed by atoms with van der Waals surface area (Å²) < 4.78 is 0.944. The number of anilines is 1. The van der Waals surface area contributed by atoms with E-state index in [2.05, 4.69) is 46.1 Å². The average Bonchev–Trinajstić information content (AvgIpc) is 2.72. The number of halogens is 2. The Morgan fingerprint density at radius 1 is 1.47 bits per heavy atom. The highest BCUT2D eigenvalue weighted by atomic mass is 79.9. The van der Waals surface area contributed by atoms with Gasteiger partial charge in [-0.1, -0.05) is 11.6 Å². The van der Waals surface area contributed by atoms with E-state index in [1.807, 2.05) is 12.1 Å². The Hall–Kier alpha value is -0.250. The molecule has 17 heavy (non-hydrogen) atoms. The van der Waals surface area contributed by atoms with Crippen molar-refractivity contribution in [1.29, 1.82) is 0 Å². The summed E-state index contributed by atoms with van der Waals surface area (Å²) in [6, 6.07) is 7.20. The summed E-state index contributed by atoms with van der Waals surface area (Å²) in [6.45, 7) is 6.79. The van der Waals surface area contributed by atoms with Gasteiger partial charge in [0.25, 0.3) is 0 Å². The highest BCUT2D eigenvalue weighted by molar-refractivity contribution is 9.10. The lowest BCUT2D eigenvalue weighted by Crippen LogP contribution is -2.31. The van der Waals surface area contributed by atoms with Crippen LogP contribution in [0.25, 0.3) is 0 Å². The van der Waals surface area contributed by atoms with Crippen molar-refractivity contribution in [3.05, 3.63) is 27.7 Å². The predicted octanol–water partition coefficient (Wildman–Crippen LogP) is 4.00. The van der Waals surface area contributed by atoms with Crippen LogP contribution in [-0.4, -0.2) is 30.1 Å². The molecule has 0 aromatic heterocycles. The summed E-state index contributed by atoms with van der Waals surface area (Å²) in [5, 5.41) is 4.30. The second-order valence-electron chi connectivity index (χ2n) is 4.85. The molecule has 1 atom stereocenters. The van der Waals surface area contributed by atoms with Crippen LogP contribution in [0, 0.1) is 0 Å². The van der Waals surface area contributed by atoms with Gasteiger partial charge >= 0.3 is 0 Å². The molecule has 0 bridgehead atoms. The van der Waals surface area contributed by atoms with Crippen LogP contribution in [0.4, 0.5) is 5.69 Å². The molecule has 94 valence electrons. The fourth-order valence-corrected chi connectivity index (χ4v) is 2.62. The molecule has 1 N–H and O–H groups in total. The molecule has 0 aliphatic carbocycles. The van der Waals surface area contributed by atoms with Gasteiger partial charge in [0.1, 0.15) is 0 Å². The van der Waals surface area contributed by atoms with E-state index in [1.165, 1.54) is 13.0 Å². The molecule has 1 aromatic rings. The molecule has 1 heterocycles. The summed E-state index contributed by atoms with van der Waals surface area (Å²) in [4.78, 5) is 2.50. The van der Waals surface area contributed by atoms with Crippen LogP contribution in [0.2, 0.25) is 5.02 Å². The fourth-order valence-electron chi connectivity index (χ4n) is 2.20. The summed E-state index contributed by atoms with van der Waals surface area (Å²) in [5.41, 5.74) is 1.11. The maximum atomic E-state index is 6.08. The molecular weight excluding hydrogens is 300 g/mol. The number of nitrogens with one attached hydrogen (secondary N) is 1. The van der Waals surface area contributed by atoms with E-state index in [1.54, 1.807) is 0 Å². The van der Waals surface area contributed by atoms with Crippen LogP contribution in [0.15, 0.2) is 22.7 Å². The Morgan fingerprint density at radius 2 is 2.24 bits per heavy atom. The molecular formula is C13H18BrClN2. The SMILES string of the molecule is CC(C)N1CCC(Nc2ccc(Br)c(Cl)c2)C1. The molecule has 2 rings (SSSR count). The van der Waals surface area contributed by atoms with Gasteiger partial charge in [-0.15, -0.1) is 0 Å². The molecule has 0 saturated carbocycles. The van der Waals surface area contributed by atoms with Gasteiger partial charge in [0.15, 0.2) is 0 Å². The Morgan fingerprint density at radius 3 is 2.82 bits per heavy atom. The van der Waals surface area contributed by atoms with Crippen LogP contribution in [-0.2, 0) is 0 Å². The van der Waals surface area contributed by atoms with Crippen LogP contribution in [0.3, 0.4) is 0 Å². The van der Waals surface area contributed by atoms with E-state index in [-0.39, 0.29) is 0 Å². The fraction of sp³-hybridized carbons (Fsp3) is 0.538. The molecule has 0 spiro atoms. The Bertz CT molecular complexity index is 395. The maximum absolute atomic E-state index is 6.08. The molecule has 2 nitrogen and oxygen atoms in total. The summed E-state index contributed by atoms with van der Waals surface area (Å²) in [5.74, 6) is 0. The van der Waals surface area contributed by atoms with Crippen molar-refractivity contribution in [3.63, 3.8) is 0 Å². The molecule has 1 aliphatic heterocycles. The molecule has 4 heteroatoms. The van der Waals surface area contributed by atoms with Gasteiger partial charge in [-0.3, -0.25) is 4.90 Å². The van der Waals surface area contributed by atoms with E-state index in [9.17, 15) is 0 Å². The van der Waals surface area contributed by atoms with Gasteiger partial charge in [0.2, 0.25) is 0 Å². The quantitative estimate of drug-likeness (QED) is 0.906. The normalized spacial score (nSPS) is 21.1. The third-order valence-corrected chi connectivity index (χ3v) is 4.47. The zero-order chi connectivity index (χ0) is 12.4. The molecule has 0 radical (unpaired) electrons. The Balaban J connectivity index is 1.96. The number of rotatable bonds is 3. The third kappa shape index (κ3) is 3.36. The number of nitrogens with zero attached hydrogens (tertiary/aromatic N) is 1. The first-order chi connectivity index (χ1) is 8.06. The minimum absolute atomic E-state index is 0.537. The number of hydrogen-bond donors (Lipinski definition) is 1. The largest absolute Gasteiger partial charge is 0.381 e. The van der Waals surface area contributed by atoms with Gasteiger partial charge in [0, 0.05) is 35.3 Å². The minimum atomic E-state index is 0.537. The van der Waals surface area contributed by atoms with E-state index >= 15 is 0 Å². The lowest BCUT2D eigenvalue weighted by atomic mass is 10.2. The topological polar surface area (TPSA) is 15.3 Å². The Labute approximate surface area is 116 Å². The number of hydrogen-bond acceptors (Lipinski definition) is 2. The second kappa shape index (κ2) is 5.59. The van der Waals surface area contributed by atoms with Crippen molar-refractivity contribution < 1.29 is 0 Å². The van der Waals surface area contributed by atoms with Crippen molar-refractivity contribution in [2.75, 3.05) is 18.4 Å². The van der Waals surface area contributed by atoms with Crippen molar-refractivity contribution in [2.24, 2.45) is 0 Å². The average molecular weight is 318 g/mol. The van der Waals surface area contributed by atoms with Gasteiger partial charge in [0.05, 0.1) is 5.02 Å². The van der Waals surface area contributed by atoms with Gasteiger partial charge in [-0.2, -0.15) is 0 Å². The van der Waals surface area contributed by atoms with E-state index in [4.69, 9.17) is 11.6 Å². The van der Waals surface area contributed by atoms with E-state index < -0.39 is 0 Å². The third-order valence-electron chi connectivity index (χ3n) is 3.24. The highest BCUT2D eigenvalue weighted by Crippen LogP contribution is 2.26. The van der Waals surface area contributed by atoms with Crippen molar-refractivity contribution >= 4 is 33.2 Å². The first-order valence-electron chi connectivity index (χ1n) is 6.02. The molecule has 0 amide bonds. The summed E-state index contributed by atoms with van der Waals surface area (Å²) >= 11 is 9.48. The van der Waals surface area contributed by atoms with Crippen molar-refractivity contribution in [3.8, 4) is 0 Å². The monoisotopic (exact) mass is 316 g/mol. The standard InChI is InChI=1S/C13H18BrClN2/c1-9(2)17-6-5-11(8-17)16-10-3-4-12(14)13(15)7-10/h3-4,7,9,11,16H,5-6,8H2,1-2H3. The van der Waals surface area contributed by atoms with Gasteiger partial charge in [-0.25, -0.2) is 0 Å². The van der Waals surface area contributed by atoms with Crippen molar-refractivity contribution in [2.45, 2.75) is 32.4 Å². The van der Waals surface area contributed by atoms with Crippen molar-refractivity contribution in [1.82, 2.24) is 4.90 Å². The van der Waals surface area contributed by atoms with Gasteiger partial charge < -0.3 is 5.32 Å². The van der Waals surface area contributed by atoms with E-state index in [0.717, 1.165) is 21.7 Å². The zero-order valence-electron chi connectivity index (χ0n) is 10.2. The molecule has 1 fully saturated rings. The van der Waals surface area contributed by atoms with Gasteiger partial charge in [-0.05, 0) is 54.4 Å². The lowest BCUT2D eigenvalue weighted by Gasteiger charge is -2.21. The van der Waals surface area contributed by atoms with Crippen LogP contribution < -0.4 is 5.32 Å². The summed E-state index contributed by atoms with van der Waals surface area (Å²) in [6.07, 6.45) is 1.20. The number of likely N-dealkylation sites (tertiary alicyclic amines) is 1. The first kappa shape index (κ1) is 13.2. The maximum Gasteiger partial charge on any atom is 0.0568 e. The van der Waals surface area contributed by atoms with Crippen LogP contribution >= 0.6 is 27.5 Å². The lowest BCUT2D eigenvalue weighted by molar-refractivity contribution is 0.274. The highest BCUT2D eigenvalue weighted by Gasteiger charge is 2.23. The molecule has 1 aromatic carbocycles. The summed E-state index contributed by atoms with van der Waals surface area (Å²) in [7, 11) is 0. The molecule has 1 aliphatic rings. The smallest absolute Gasteiger partial charge is 0.0568 e. The van der Waals surface area contributed by atoms with E-state index in [0.29, 0.717) is 12.1 Å². The van der Waals surface area contributed by atoms with Crippen LogP contribution in [0.1, 0.15) is 20.3 Å². The minimum Gasteiger partial charge on any atom is -0.381 e. The predicted molar refractivity (Wildman–Crippen MR) is 77.9 cm³/mol. The Kier molecular flexibility index (Phi) is 4.34. The zero-order valence-corrected chi connectivity index (χ0v) is 12.6. The molecule has 1 unspecified atom stereocenters. The number of benzene rings is 1.